The van der Waals surface area contributed by atoms with Crippen molar-refractivity contribution in [2.75, 3.05) is 0 Å². The van der Waals surface area contributed by atoms with Gasteiger partial charge in [-0.25, -0.2) is 4.79 Å². The van der Waals surface area contributed by atoms with Crippen LogP contribution in [0.25, 0.3) is 0 Å². The SMILES string of the molecule is C[C@@H](Oc1ccc([N+](=O)[O-])c(Cl)c1)C(=O)O. The van der Waals surface area contributed by atoms with Gasteiger partial charge in [0.1, 0.15) is 10.8 Å². The lowest BCUT2D eigenvalue weighted by Gasteiger charge is -2.10. The van der Waals surface area contributed by atoms with Crippen molar-refractivity contribution in [3.63, 3.8) is 0 Å². The van der Waals surface area contributed by atoms with E-state index < -0.39 is 17.0 Å². The zero-order valence-electron chi connectivity index (χ0n) is 8.21. The third-order valence-electron chi connectivity index (χ3n) is 1.78. The summed E-state index contributed by atoms with van der Waals surface area (Å²) in [6.45, 7) is 1.34. The van der Waals surface area contributed by atoms with Crippen LogP contribution in [0.4, 0.5) is 5.69 Å². The first-order chi connectivity index (χ1) is 7.41. The van der Waals surface area contributed by atoms with Gasteiger partial charge in [0.2, 0.25) is 0 Å². The second kappa shape index (κ2) is 4.80. The third-order valence-corrected chi connectivity index (χ3v) is 2.08. The number of rotatable bonds is 4. The Balaban J connectivity index is 2.89. The molecule has 0 saturated carbocycles. The number of carboxylic acids is 1. The van der Waals surface area contributed by atoms with Crippen molar-refractivity contribution < 1.29 is 19.6 Å². The molecule has 0 heterocycles. The van der Waals surface area contributed by atoms with Gasteiger partial charge in [-0.2, -0.15) is 0 Å². The van der Waals surface area contributed by atoms with E-state index in [-0.39, 0.29) is 16.5 Å². The summed E-state index contributed by atoms with van der Waals surface area (Å²) in [5.74, 6) is -0.958. The molecule has 0 fully saturated rings. The van der Waals surface area contributed by atoms with E-state index in [1.165, 1.54) is 19.1 Å². The number of nitro benzene ring substituents is 1. The van der Waals surface area contributed by atoms with Crippen molar-refractivity contribution >= 4 is 23.3 Å². The number of nitro groups is 1. The molecule has 0 saturated heterocycles. The number of halogens is 1. The van der Waals surface area contributed by atoms with E-state index in [1.54, 1.807) is 0 Å². The molecule has 0 radical (unpaired) electrons. The Morgan fingerprint density at radius 2 is 2.25 bits per heavy atom. The van der Waals surface area contributed by atoms with Gasteiger partial charge in [0.25, 0.3) is 5.69 Å². The van der Waals surface area contributed by atoms with Crippen LogP contribution in [-0.4, -0.2) is 22.1 Å². The quantitative estimate of drug-likeness (QED) is 0.648. The first-order valence-electron chi connectivity index (χ1n) is 4.25. The van der Waals surface area contributed by atoms with E-state index in [9.17, 15) is 14.9 Å². The van der Waals surface area contributed by atoms with E-state index in [1.807, 2.05) is 0 Å². The Morgan fingerprint density at radius 3 is 2.69 bits per heavy atom. The van der Waals surface area contributed by atoms with Gasteiger partial charge >= 0.3 is 5.97 Å². The Labute approximate surface area is 95.6 Å². The van der Waals surface area contributed by atoms with Crippen molar-refractivity contribution in [3.8, 4) is 5.75 Å². The van der Waals surface area contributed by atoms with Crippen LogP contribution in [0.5, 0.6) is 5.75 Å². The number of nitrogens with zero attached hydrogens (tertiary/aromatic N) is 1. The molecule has 86 valence electrons. The lowest BCUT2D eigenvalue weighted by molar-refractivity contribution is -0.384. The van der Waals surface area contributed by atoms with Crippen LogP contribution in [0.15, 0.2) is 18.2 Å². The van der Waals surface area contributed by atoms with Crippen molar-refractivity contribution in [2.24, 2.45) is 0 Å². The van der Waals surface area contributed by atoms with Crippen LogP contribution < -0.4 is 4.74 Å². The van der Waals surface area contributed by atoms with Gasteiger partial charge in [0.15, 0.2) is 6.10 Å². The summed E-state index contributed by atoms with van der Waals surface area (Å²) in [5.41, 5.74) is -0.253. The number of carbonyl (C=O) groups is 1. The highest BCUT2D eigenvalue weighted by Crippen LogP contribution is 2.28. The van der Waals surface area contributed by atoms with Gasteiger partial charge in [0, 0.05) is 12.1 Å². The van der Waals surface area contributed by atoms with Gasteiger partial charge < -0.3 is 9.84 Å². The Kier molecular flexibility index (Phi) is 3.68. The third kappa shape index (κ3) is 2.83. The summed E-state index contributed by atoms with van der Waals surface area (Å²) in [6, 6.07) is 3.66. The molecule has 0 spiro atoms. The first kappa shape index (κ1) is 12.3. The minimum atomic E-state index is -1.13. The maximum absolute atomic E-state index is 10.5. The minimum Gasteiger partial charge on any atom is -0.479 e. The lowest BCUT2D eigenvalue weighted by atomic mass is 10.3. The number of aliphatic carboxylic acids is 1. The highest BCUT2D eigenvalue weighted by molar-refractivity contribution is 6.32. The summed E-state index contributed by atoms with van der Waals surface area (Å²) in [7, 11) is 0. The van der Waals surface area contributed by atoms with E-state index >= 15 is 0 Å². The molecule has 1 aromatic carbocycles. The number of carboxylic acid groups (broad SMARTS) is 1. The fourth-order valence-corrected chi connectivity index (χ4v) is 1.20. The predicted octanol–water partition coefficient (Wildman–Crippen LogP) is 2.10. The minimum absolute atomic E-state index is 0.0971. The van der Waals surface area contributed by atoms with Crippen LogP contribution in [0, 0.1) is 10.1 Å². The number of benzene rings is 1. The monoisotopic (exact) mass is 245 g/mol. The molecular formula is C9H8ClNO5. The molecule has 0 amide bonds. The normalized spacial score (nSPS) is 11.9. The number of ether oxygens (including phenoxy) is 1. The molecule has 1 N–H and O–H groups in total. The Hall–Kier alpha value is -1.82. The molecule has 0 unspecified atom stereocenters. The highest BCUT2D eigenvalue weighted by atomic mass is 35.5. The average Bonchev–Trinajstić information content (AvgIpc) is 2.16. The summed E-state index contributed by atoms with van der Waals surface area (Å²) in [6.07, 6.45) is -1.04. The molecule has 0 aliphatic rings. The Bertz CT molecular complexity index is 434. The molecule has 1 rings (SSSR count). The maximum atomic E-state index is 10.5. The van der Waals surface area contributed by atoms with Crippen LogP contribution in [0.1, 0.15) is 6.92 Å². The van der Waals surface area contributed by atoms with Crippen molar-refractivity contribution in [3.05, 3.63) is 33.3 Å². The Morgan fingerprint density at radius 1 is 1.62 bits per heavy atom. The summed E-state index contributed by atoms with van der Waals surface area (Å²) in [4.78, 5) is 20.3. The molecule has 0 aliphatic heterocycles. The van der Waals surface area contributed by atoms with Crippen LogP contribution in [0.3, 0.4) is 0 Å². The number of hydrogen-bond donors (Lipinski definition) is 1. The summed E-state index contributed by atoms with van der Waals surface area (Å²) < 4.78 is 4.98. The molecule has 16 heavy (non-hydrogen) atoms. The molecule has 1 aromatic rings. The highest BCUT2D eigenvalue weighted by Gasteiger charge is 2.16. The second-order valence-electron chi connectivity index (χ2n) is 2.97. The van der Waals surface area contributed by atoms with E-state index in [4.69, 9.17) is 21.4 Å². The largest absolute Gasteiger partial charge is 0.479 e. The predicted molar refractivity (Wildman–Crippen MR) is 55.8 cm³/mol. The average molecular weight is 246 g/mol. The molecule has 0 bridgehead atoms. The molecule has 7 heteroatoms. The van der Waals surface area contributed by atoms with Gasteiger partial charge in [-0.1, -0.05) is 11.6 Å². The van der Waals surface area contributed by atoms with E-state index in [0.29, 0.717) is 0 Å². The van der Waals surface area contributed by atoms with Gasteiger partial charge in [-0.15, -0.1) is 0 Å². The molecule has 0 aromatic heterocycles. The molecule has 0 aliphatic carbocycles. The van der Waals surface area contributed by atoms with E-state index in [2.05, 4.69) is 0 Å². The standard InChI is InChI=1S/C9H8ClNO5/c1-5(9(12)13)16-6-2-3-8(11(14)15)7(10)4-6/h2-5H,1H3,(H,12,13)/t5-/m1/s1. The van der Waals surface area contributed by atoms with E-state index in [0.717, 1.165) is 6.07 Å². The zero-order valence-corrected chi connectivity index (χ0v) is 8.97. The zero-order chi connectivity index (χ0) is 12.3. The van der Waals surface area contributed by atoms with Gasteiger partial charge in [0.05, 0.1) is 4.92 Å². The molecule has 6 nitrogen and oxygen atoms in total. The molecule has 1 atom stereocenters. The van der Waals surface area contributed by atoms with Crippen LogP contribution in [-0.2, 0) is 4.79 Å². The second-order valence-corrected chi connectivity index (χ2v) is 3.38. The van der Waals surface area contributed by atoms with Crippen molar-refractivity contribution in [2.45, 2.75) is 13.0 Å². The summed E-state index contributed by atoms with van der Waals surface area (Å²) in [5, 5.41) is 18.9. The fourth-order valence-electron chi connectivity index (χ4n) is 0.964. The maximum Gasteiger partial charge on any atom is 0.344 e. The van der Waals surface area contributed by atoms with Crippen molar-refractivity contribution in [1.82, 2.24) is 0 Å². The lowest BCUT2D eigenvalue weighted by Crippen LogP contribution is -2.22. The first-order valence-corrected chi connectivity index (χ1v) is 4.63. The topological polar surface area (TPSA) is 89.7 Å². The summed E-state index contributed by atoms with van der Waals surface area (Å²) >= 11 is 5.62. The van der Waals surface area contributed by atoms with Crippen LogP contribution in [0.2, 0.25) is 5.02 Å². The fraction of sp³-hybridized carbons (Fsp3) is 0.222. The van der Waals surface area contributed by atoms with Gasteiger partial charge in [-0.3, -0.25) is 10.1 Å². The van der Waals surface area contributed by atoms with Gasteiger partial charge in [-0.05, 0) is 13.0 Å². The van der Waals surface area contributed by atoms with Crippen molar-refractivity contribution in [1.29, 1.82) is 0 Å². The number of hydrogen-bond acceptors (Lipinski definition) is 4. The molecular weight excluding hydrogens is 238 g/mol. The van der Waals surface area contributed by atoms with Crippen LogP contribution >= 0.6 is 11.6 Å². The smallest absolute Gasteiger partial charge is 0.344 e.